The van der Waals surface area contributed by atoms with Crippen molar-refractivity contribution < 1.29 is 44.2 Å². The first kappa shape index (κ1) is 24.3. The summed E-state index contributed by atoms with van der Waals surface area (Å²) in [5.41, 5.74) is 6.90. The van der Waals surface area contributed by atoms with Crippen LogP contribution in [0.5, 0.6) is 5.75 Å². The lowest BCUT2D eigenvalue weighted by atomic mass is 9.99. The molecule has 5 atom stereocenters. The second kappa shape index (κ2) is 10.5. The molecular formula is C22H26N2O9. The molecule has 0 bridgehead atoms. The van der Waals surface area contributed by atoms with Crippen LogP contribution in [-0.2, 0) is 14.3 Å². The van der Waals surface area contributed by atoms with Crippen molar-refractivity contribution in [2.75, 3.05) is 5.43 Å². The Morgan fingerprint density at radius 3 is 2.30 bits per heavy atom. The fourth-order valence-electron chi connectivity index (χ4n) is 3.18. The number of aliphatic carboxylic acids is 1. The van der Waals surface area contributed by atoms with Gasteiger partial charge in [-0.3, -0.25) is 5.43 Å². The van der Waals surface area contributed by atoms with Gasteiger partial charge in [-0.05, 0) is 37.1 Å². The molecule has 2 aromatic carbocycles. The van der Waals surface area contributed by atoms with E-state index in [0.29, 0.717) is 0 Å². The Morgan fingerprint density at radius 2 is 1.67 bits per heavy atom. The van der Waals surface area contributed by atoms with Crippen molar-refractivity contribution in [3.63, 3.8) is 0 Å². The van der Waals surface area contributed by atoms with Crippen LogP contribution in [0, 0.1) is 0 Å². The number of nitrogens with one attached hydrogen (secondary N) is 2. The molecule has 0 aliphatic carbocycles. The van der Waals surface area contributed by atoms with Crippen molar-refractivity contribution >= 4 is 17.7 Å². The number of amides is 1. The third kappa shape index (κ3) is 5.90. The predicted octanol–water partition coefficient (Wildman–Crippen LogP) is 1.09. The van der Waals surface area contributed by atoms with E-state index in [-0.39, 0.29) is 17.5 Å². The summed E-state index contributed by atoms with van der Waals surface area (Å²) in [7, 11) is 0. The quantitative estimate of drug-likeness (QED) is 0.328. The van der Waals surface area contributed by atoms with Crippen LogP contribution in [0.3, 0.4) is 0 Å². The van der Waals surface area contributed by atoms with Crippen molar-refractivity contribution in [1.29, 1.82) is 0 Å². The summed E-state index contributed by atoms with van der Waals surface area (Å²) in [5.74, 6) is -1.46. The molecule has 1 fully saturated rings. The molecule has 1 amide bonds. The van der Waals surface area contributed by atoms with Crippen LogP contribution >= 0.6 is 0 Å². The second-order valence-corrected chi connectivity index (χ2v) is 7.63. The number of aliphatic hydroxyl groups is 3. The van der Waals surface area contributed by atoms with Gasteiger partial charge >= 0.3 is 12.1 Å². The molecule has 6 N–H and O–H groups in total. The summed E-state index contributed by atoms with van der Waals surface area (Å²) in [4.78, 5) is 23.2. The zero-order valence-electron chi connectivity index (χ0n) is 17.9. The molecule has 0 spiro atoms. The van der Waals surface area contributed by atoms with E-state index in [0.717, 1.165) is 11.1 Å². The normalized spacial score (nSPS) is 24.7. The fourth-order valence-corrected chi connectivity index (χ4v) is 3.18. The molecule has 1 saturated heterocycles. The van der Waals surface area contributed by atoms with Crippen LogP contribution in [0.2, 0.25) is 0 Å². The van der Waals surface area contributed by atoms with Crippen LogP contribution in [-0.4, -0.2) is 69.3 Å². The van der Waals surface area contributed by atoms with Gasteiger partial charge in [0.15, 0.2) is 6.10 Å². The molecule has 0 saturated carbocycles. The van der Waals surface area contributed by atoms with Crippen molar-refractivity contribution in [3.05, 3.63) is 48.5 Å². The highest BCUT2D eigenvalue weighted by molar-refractivity contribution is 5.75. The third-order valence-electron chi connectivity index (χ3n) is 4.78. The molecule has 33 heavy (non-hydrogen) atoms. The van der Waals surface area contributed by atoms with Gasteiger partial charge in [0.05, 0.1) is 11.8 Å². The lowest BCUT2D eigenvalue weighted by Crippen LogP contribution is -2.61. The number of hydrazine groups is 1. The molecule has 3 rings (SSSR count). The van der Waals surface area contributed by atoms with Crippen LogP contribution in [0.25, 0.3) is 11.1 Å². The van der Waals surface area contributed by atoms with E-state index < -0.39 is 42.8 Å². The monoisotopic (exact) mass is 462 g/mol. The number of carboxylic acid groups (broad SMARTS) is 1. The Balaban J connectivity index is 1.87. The molecular weight excluding hydrogens is 436 g/mol. The van der Waals surface area contributed by atoms with E-state index in [9.17, 15) is 30.0 Å². The highest BCUT2D eigenvalue weighted by Crippen LogP contribution is 2.33. The van der Waals surface area contributed by atoms with Crippen molar-refractivity contribution in [2.24, 2.45) is 0 Å². The average Bonchev–Trinajstić information content (AvgIpc) is 2.78. The molecule has 1 aliphatic heterocycles. The van der Waals surface area contributed by atoms with E-state index in [1.165, 1.54) is 6.07 Å². The van der Waals surface area contributed by atoms with Gasteiger partial charge in [0.2, 0.25) is 6.29 Å². The maximum absolute atomic E-state index is 11.9. The first-order valence-electron chi connectivity index (χ1n) is 10.2. The highest BCUT2D eigenvalue weighted by Gasteiger charge is 2.48. The number of carboxylic acids is 1. The minimum atomic E-state index is -1.84. The van der Waals surface area contributed by atoms with Crippen LogP contribution in [0.1, 0.15) is 13.8 Å². The van der Waals surface area contributed by atoms with E-state index in [2.05, 4.69) is 10.9 Å². The number of ether oxygens (including phenoxy) is 3. The Hall–Kier alpha value is -3.38. The number of hydrogen-bond donors (Lipinski definition) is 6. The molecule has 0 unspecified atom stereocenters. The Labute approximate surface area is 189 Å². The standard InChI is InChI=1S/C22H26N2O9/c1-11(2)31-22(30)24-23-14-10-13(12-6-4-3-5-7-12)8-9-15(14)32-21-18(27)16(25)17(26)19(33-21)20(28)29/h3-11,16-19,21,23,25-27H,1-2H3,(H,24,30)(H,28,29)/t16-,17-,18+,19-,21+/m0/s1. The summed E-state index contributed by atoms with van der Waals surface area (Å²) in [5, 5.41) is 39.3. The van der Waals surface area contributed by atoms with E-state index >= 15 is 0 Å². The number of carbonyl (C=O) groups excluding carboxylic acids is 1. The molecule has 11 heteroatoms. The third-order valence-corrected chi connectivity index (χ3v) is 4.78. The maximum atomic E-state index is 11.9. The van der Waals surface area contributed by atoms with Gasteiger partial charge in [-0.15, -0.1) is 0 Å². The molecule has 1 aliphatic rings. The molecule has 1 heterocycles. The van der Waals surface area contributed by atoms with Crippen molar-refractivity contribution in [3.8, 4) is 16.9 Å². The minimum Gasteiger partial charge on any atom is -0.479 e. The first-order valence-corrected chi connectivity index (χ1v) is 10.2. The van der Waals surface area contributed by atoms with Crippen LogP contribution < -0.4 is 15.6 Å². The number of carbonyl (C=O) groups is 2. The van der Waals surface area contributed by atoms with Gasteiger partial charge in [0.1, 0.15) is 24.1 Å². The molecule has 0 aromatic heterocycles. The average molecular weight is 462 g/mol. The predicted molar refractivity (Wildman–Crippen MR) is 115 cm³/mol. The summed E-state index contributed by atoms with van der Waals surface area (Å²) in [6.45, 7) is 3.37. The van der Waals surface area contributed by atoms with Gasteiger partial charge in [0.25, 0.3) is 0 Å². The van der Waals surface area contributed by atoms with Crippen molar-refractivity contribution in [2.45, 2.75) is 50.7 Å². The summed E-state index contributed by atoms with van der Waals surface area (Å²) in [6.07, 6.45) is -9.94. The topological polar surface area (TPSA) is 167 Å². The van der Waals surface area contributed by atoms with Crippen molar-refractivity contribution in [1.82, 2.24) is 5.43 Å². The summed E-state index contributed by atoms with van der Waals surface area (Å²) in [6, 6.07) is 14.2. The Bertz CT molecular complexity index is 970. The van der Waals surface area contributed by atoms with Gasteiger partial charge in [-0.1, -0.05) is 36.4 Å². The summed E-state index contributed by atoms with van der Waals surface area (Å²) >= 11 is 0. The number of aliphatic hydroxyl groups excluding tert-OH is 3. The largest absolute Gasteiger partial charge is 0.479 e. The van der Waals surface area contributed by atoms with Gasteiger partial charge in [0, 0.05) is 0 Å². The maximum Gasteiger partial charge on any atom is 0.426 e. The zero-order valence-corrected chi connectivity index (χ0v) is 17.9. The van der Waals surface area contributed by atoms with Crippen LogP contribution in [0.15, 0.2) is 48.5 Å². The lowest BCUT2D eigenvalue weighted by Gasteiger charge is -2.38. The van der Waals surface area contributed by atoms with E-state index in [4.69, 9.17) is 14.2 Å². The summed E-state index contributed by atoms with van der Waals surface area (Å²) < 4.78 is 15.8. The van der Waals surface area contributed by atoms with E-state index in [1.807, 2.05) is 30.3 Å². The molecule has 2 aromatic rings. The molecule has 11 nitrogen and oxygen atoms in total. The smallest absolute Gasteiger partial charge is 0.426 e. The molecule has 0 radical (unpaired) electrons. The lowest BCUT2D eigenvalue weighted by molar-refractivity contribution is -0.271. The van der Waals surface area contributed by atoms with E-state index in [1.54, 1.807) is 26.0 Å². The number of rotatable bonds is 7. The zero-order chi connectivity index (χ0) is 24.1. The Kier molecular flexibility index (Phi) is 7.71. The number of hydrogen-bond acceptors (Lipinski definition) is 9. The fraction of sp³-hybridized carbons (Fsp3) is 0.364. The first-order chi connectivity index (χ1) is 15.7. The SMILES string of the molecule is CC(C)OC(=O)NNc1cc(-c2ccccc2)ccc1O[C@@H]1O[C@H](C(=O)O)[C@@H](O)[C@H](O)[C@H]1O. The Morgan fingerprint density at radius 1 is 0.970 bits per heavy atom. The molecule has 178 valence electrons. The second-order valence-electron chi connectivity index (χ2n) is 7.63. The number of anilines is 1. The van der Waals surface area contributed by atoms with Gasteiger partial charge < -0.3 is 34.6 Å². The van der Waals surface area contributed by atoms with Gasteiger partial charge in [-0.2, -0.15) is 0 Å². The van der Waals surface area contributed by atoms with Gasteiger partial charge in [-0.25, -0.2) is 15.0 Å². The number of benzene rings is 2. The highest BCUT2D eigenvalue weighted by atomic mass is 16.7. The minimum absolute atomic E-state index is 0.0660. The van der Waals surface area contributed by atoms with Crippen LogP contribution in [0.4, 0.5) is 10.5 Å².